The molecule has 1 aromatic carbocycles. The fourth-order valence-corrected chi connectivity index (χ4v) is 2.00. The molecule has 2 heterocycles. The van der Waals surface area contributed by atoms with Crippen molar-refractivity contribution in [2.45, 2.75) is 6.92 Å². The van der Waals surface area contributed by atoms with Crippen LogP contribution in [0.5, 0.6) is 0 Å². The van der Waals surface area contributed by atoms with Crippen molar-refractivity contribution in [3.63, 3.8) is 0 Å². The van der Waals surface area contributed by atoms with Gasteiger partial charge in [-0.25, -0.2) is 9.37 Å². The SMILES string of the molecule is Cc1ccc(-n2c(N)nc3cnccc32)c(F)c1. The minimum atomic E-state index is -0.321. The standard InChI is InChI=1S/C13H11FN4/c1-8-2-3-11(9(14)6-8)18-12-4-5-16-7-10(12)17-13(18)15/h2-7H,1H3,(H2,15,17). The summed E-state index contributed by atoms with van der Waals surface area (Å²) >= 11 is 0. The minimum absolute atomic E-state index is 0.251. The first kappa shape index (κ1) is 10.7. The Morgan fingerprint density at radius 1 is 1.28 bits per heavy atom. The van der Waals surface area contributed by atoms with Gasteiger partial charge in [0, 0.05) is 6.20 Å². The Bertz CT molecular complexity index is 733. The van der Waals surface area contributed by atoms with E-state index < -0.39 is 0 Å². The Morgan fingerprint density at radius 2 is 2.11 bits per heavy atom. The van der Waals surface area contributed by atoms with Gasteiger partial charge < -0.3 is 5.73 Å². The van der Waals surface area contributed by atoms with Crippen molar-refractivity contribution in [1.29, 1.82) is 0 Å². The average molecular weight is 242 g/mol. The second kappa shape index (κ2) is 3.80. The minimum Gasteiger partial charge on any atom is -0.369 e. The number of pyridine rings is 1. The molecule has 0 spiro atoms. The fourth-order valence-electron chi connectivity index (χ4n) is 2.00. The number of anilines is 1. The maximum absolute atomic E-state index is 14.0. The third kappa shape index (κ3) is 1.52. The van der Waals surface area contributed by atoms with E-state index in [1.807, 2.05) is 13.0 Å². The molecule has 90 valence electrons. The molecule has 5 heteroatoms. The summed E-state index contributed by atoms with van der Waals surface area (Å²) in [6.07, 6.45) is 3.24. The number of hydrogen-bond donors (Lipinski definition) is 1. The summed E-state index contributed by atoms with van der Waals surface area (Å²) in [5.74, 6) is -0.0708. The Labute approximate surface area is 103 Å². The summed E-state index contributed by atoms with van der Waals surface area (Å²) < 4.78 is 15.6. The second-order valence-corrected chi connectivity index (χ2v) is 4.12. The molecule has 0 amide bonds. The van der Waals surface area contributed by atoms with Crippen LogP contribution in [0.25, 0.3) is 16.7 Å². The van der Waals surface area contributed by atoms with Gasteiger partial charge in [-0.2, -0.15) is 0 Å². The third-order valence-corrected chi connectivity index (χ3v) is 2.83. The van der Waals surface area contributed by atoms with Crippen molar-refractivity contribution in [3.05, 3.63) is 48.0 Å². The maximum Gasteiger partial charge on any atom is 0.206 e. The van der Waals surface area contributed by atoms with Crippen LogP contribution in [0.15, 0.2) is 36.7 Å². The molecule has 3 aromatic rings. The highest BCUT2D eigenvalue weighted by atomic mass is 19.1. The van der Waals surface area contributed by atoms with Crippen molar-refractivity contribution < 1.29 is 4.39 Å². The van der Waals surface area contributed by atoms with E-state index in [-0.39, 0.29) is 11.8 Å². The predicted molar refractivity (Wildman–Crippen MR) is 68.0 cm³/mol. The normalized spacial score (nSPS) is 11.0. The zero-order valence-electron chi connectivity index (χ0n) is 9.76. The topological polar surface area (TPSA) is 56.7 Å². The van der Waals surface area contributed by atoms with Crippen LogP contribution in [0.2, 0.25) is 0 Å². The van der Waals surface area contributed by atoms with Gasteiger partial charge in [0.1, 0.15) is 11.3 Å². The van der Waals surface area contributed by atoms with E-state index in [4.69, 9.17) is 5.73 Å². The summed E-state index contributed by atoms with van der Waals surface area (Å²) in [7, 11) is 0. The van der Waals surface area contributed by atoms with Crippen LogP contribution in [-0.4, -0.2) is 14.5 Å². The molecule has 0 unspecified atom stereocenters. The maximum atomic E-state index is 14.0. The lowest BCUT2D eigenvalue weighted by Gasteiger charge is -2.08. The van der Waals surface area contributed by atoms with Crippen molar-refractivity contribution in [1.82, 2.24) is 14.5 Å². The van der Waals surface area contributed by atoms with Gasteiger partial charge in [0.25, 0.3) is 0 Å². The molecule has 0 aliphatic heterocycles. The van der Waals surface area contributed by atoms with Crippen LogP contribution >= 0.6 is 0 Å². The van der Waals surface area contributed by atoms with Crippen LogP contribution in [-0.2, 0) is 0 Å². The number of nitrogens with two attached hydrogens (primary N) is 1. The lowest BCUT2D eigenvalue weighted by atomic mass is 10.2. The number of aromatic nitrogens is 3. The predicted octanol–water partition coefficient (Wildman–Crippen LogP) is 2.45. The number of aryl methyl sites for hydroxylation is 1. The van der Waals surface area contributed by atoms with Crippen molar-refractivity contribution in [2.75, 3.05) is 5.73 Å². The molecule has 0 radical (unpaired) electrons. The lowest BCUT2D eigenvalue weighted by Crippen LogP contribution is -2.03. The van der Waals surface area contributed by atoms with Crippen LogP contribution in [0.3, 0.4) is 0 Å². The fraction of sp³-hybridized carbons (Fsp3) is 0.0769. The number of benzene rings is 1. The van der Waals surface area contributed by atoms with Gasteiger partial charge >= 0.3 is 0 Å². The van der Waals surface area contributed by atoms with E-state index in [1.54, 1.807) is 29.1 Å². The average Bonchev–Trinajstić information content (AvgIpc) is 2.66. The molecule has 3 rings (SSSR count). The molecule has 0 bridgehead atoms. The van der Waals surface area contributed by atoms with Crippen molar-refractivity contribution in [2.24, 2.45) is 0 Å². The van der Waals surface area contributed by atoms with Crippen LogP contribution < -0.4 is 5.73 Å². The van der Waals surface area contributed by atoms with Gasteiger partial charge in [0.15, 0.2) is 0 Å². The van der Waals surface area contributed by atoms with Crippen LogP contribution in [0, 0.1) is 12.7 Å². The van der Waals surface area contributed by atoms with Gasteiger partial charge in [0.2, 0.25) is 5.95 Å². The Kier molecular flexibility index (Phi) is 2.26. The van der Waals surface area contributed by atoms with Gasteiger partial charge in [-0.1, -0.05) is 6.07 Å². The Balaban J connectivity index is 2.34. The highest BCUT2D eigenvalue weighted by molar-refractivity contribution is 5.79. The first-order valence-electron chi connectivity index (χ1n) is 5.51. The van der Waals surface area contributed by atoms with E-state index in [0.29, 0.717) is 11.2 Å². The highest BCUT2D eigenvalue weighted by Crippen LogP contribution is 2.24. The summed E-state index contributed by atoms with van der Waals surface area (Å²) in [6.45, 7) is 1.84. The number of halogens is 1. The Hall–Kier alpha value is -2.43. The van der Waals surface area contributed by atoms with Crippen LogP contribution in [0.4, 0.5) is 10.3 Å². The molecule has 4 nitrogen and oxygen atoms in total. The summed E-state index contributed by atoms with van der Waals surface area (Å²) in [5, 5.41) is 0. The summed E-state index contributed by atoms with van der Waals surface area (Å²) in [4.78, 5) is 8.14. The molecule has 18 heavy (non-hydrogen) atoms. The van der Waals surface area contributed by atoms with Crippen LogP contribution in [0.1, 0.15) is 5.56 Å². The van der Waals surface area contributed by atoms with Gasteiger partial charge in [-0.3, -0.25) is 9.55 Å². The number of fused-ring (bicyclic) bond motifs is 1. The van der Waals surface area contributed by atoms with E-state index >= 15 is 0 Å². The van der Waals surface area contributed by atoms with Crippen molar-refractivity contribution in [3.8, 4) is 5.69 Å². The largest absolute Gasteiger partial charge is 0.369 e. The molecule has 2 N–H and O–H groups in total. The van der Waals surface area contributed by atoms with E-state index in [9.17, 15) is 4.39 Å². The van der Waals surface area contributed by atoms with E-state index in [2.05, 4.69) is 9.97 Å². The monoisotopic (exact) mass is 242 g/mol. The van der Waals surface area contributed by atoms with E-state index in [1.165, 1.54) is 6.07 Å². The molecular weight excluding hydrogens is 231 g/mol. The molecule has 0 aliphatic rings. The molecule has 0 aliphatic carbocycles. The number of nitrogens with zero attached hydrogens (tertiary/aromatic N) is 3. The zero-order valence-corrected chi connectivity index (χ0v) is 9.76. The van der Waals surface area contributed by atoms with Gasteiger partial charge in [-0.05, 0) is 30.7 Å². The molecular formula is C13H11FN4. The summed E-state index contributed by atoms with van der Waals surface area (Å²) in [5.41, 5.74) is 8.50. The molecule has 2 aromatic heterocycles. The molecule has 0 fully saturated rings. The third-order valence-electron chi connectivity index (χ3n) is 2.83. The molecule has 0 saturated heterocycles. The van der Waals surface area contributed by atoms with E-state index in [0.717, 1.165) is 11.1 Å². The van der Waals surface area contributed by atoms with Gasteiger partial charge in [0.05, 0.1) is 17.4 Å². The smallest absolute Gasteiger partial charge is 0.206 e. The zero-order chi connectivity index (χ0) is 12.7. The first-order valence-corrected chi connectivity index (χ1v) is 5.51. The molecule has 0 atom stereocenters. The van der Waals surface area contributed by atoms with Gasteiger partial charge in [-0.15, -0.1) is 0 Å². The Morgan fingerprint density at radius 3 is 2.89 bits per heavy atom. The second-order valence-electron chi connectivity index (χ2n) is 4.12. The first-order chi connectivity index (χ1) is 8.66. The van der Waals surface area contributed by atoms with Crippen molar-refractivity contribution >= 4 is 17.0 Å². The number of hydrogen-bond acceptors (Lipinski definition) is 3. The highest BCUT2D eigenvalue weighted by Gasteiger charge is 2.13. The number of imidazole rings is 1. The lowest BCUT2D eigenvalue weighted by molar-refractivity contribution is 0.619. The quantitative estimate of drug-likeness (QED) is 0.713. The summed E-state index contributed by atoms with van der Waals surface area (Å²) in [6, 6.07) is 6.77. The number of nitrogen functional groups attached to an aromatic ring is 1. The number of rotatable bonds is 1. The molecule has 0 saturated carbocycles.